The standard InChI is InChI=1S/C34H34N4O8S/c1-21(44-3)16-17-46-34(41)24-8-7-9-27(18-24)47(42,43)37-26-14-12-23(13-15-26)31-29(32(39)36-35-31)19-25-20-38(22(2)33(40)45-4)30-11-6-5-10-28(25)30/h5-15,18-22,37H,16-17H2,1-4H3,(H,36,39)/b29-19-. The van der Waals surface area contributed by atoms with E-state index in [4.69, 9.17) is 14.2 Å². The molecule has 2 N–H and O–H groups in total. The molecule has 2 atom stereocenters. The molecular formula is C34H34N4O8S. The smallest absolute Gasteiger partial charge is 0.338 e. The van der Waals surface area contributed by atoms with E-state index in [0.29, 0.717) is 28.8 Å². The summed E-state index contributed by atoms with van der Waals surface area (Å²) >= 11 is 0. The minimum atomic E-state index is -4.05. The fraction of sp³-hybridized carbons (Fsp3) is 0.235. The zero-order valence-corrected chi connectivity index (χ0v) is 27.0. The lowest BCUT2D eigenvalue weighted by molar-refractivity contribution is -0.143. The summed E-state index contributed by atoms with van der Waals surface area (Å²) in [4.78, 5) is 37.5. The molecule has 2 heterocycles. The molecule has 5 rings (SSSR count). The van der Waals surface area contributed by atoms with Gasteiger partial charge in [0, 0.05) is 47.4 Å². The molecule has 1 aliphatic rings. The van der Waals surface area contributed by atoms with E-state index in [1.807, 2.05) is 31.2 Å². The van der Waals surface area contributed by atoms with E-state index in [1.165, 1.54) is 31.4 Å². The number of carbonyl (C=O) groups excluding carboxylic acids is 3. The molecule has 0 radical (unpaired) electrons. The average Bonchev–Trinajstić information content (AvgIpc) is 3.64. The molecule has 47 heavy (non-hydrogen) atoms. The van der Waals surface area contributed by atoms with Gasteiger partial charge in [-0.3, -0.25) is 9.52 Å². The molecule has 244 valence electrons. The number of benzene rings is 3. The summed E-state index contributed by atoms with van der Waals surface area (Å²) in [5.74, 6) is -1.45. The van der Waals surface area contributed by atoms with Gasteiger partial charge in [-0.2, -0.15) is 5.10 Å². The van der Waals surface area contributed by atoms with Crippen molar-refractivity contribution in [3.8, 4) is 0 Å². The molecule has 1 amide bonds. The van der Waals surface area contributed by atoms with Crippen LogP contribution in [-0.2, 0) is 33.8 Å². The number of amides is 1. The van der Waals surface area contributed by atoms with Gasteiger partial charge in [0.15, 0.2) is 0 Å². The van der Waals surface area contributed by atoms with E-state index in [0.717, 1.165) is 10.9 Å². The molecule has 4 aromatic rings. The third-order valence-corrected chi connectivity index (χ3v) is 9.13. The second-order valence-electron chi connectivity index (χ2n) is 10.8. The summed E-state index contributed by atoms with van der Waals surface area (Å²) in [7, 11) is -1.16. The number of para-hydroxylation sites is 1. The van der Waals surface area contributed by atoms with Crippen LogP contribution in [0.2, 0.25) is 0 Å². The number of aromatic nitrogens is 1. The Morgan fingerprint density at radius 1 is 1.02 bits per heavy atom. The molecule has 12 nitrogen and oxygen atoms in total. The number of fused-ring (bicyclic) bond motifs is 1. The van der Waals surface area contributed by atoms with Gasteiger partial charge in [-0.25, -0.2) is 23.4 Å². The Bertz CT molecular complexity index is 2000. The second-order valence-corrected chi connectivity index (χ2v) is 12.5. The first kappa shape index (κ1) is 33.1. The van der Waals surface area contributed by atoms with Crippen LogP contribution in [0.25, 0.3) is 17.0 Å². The van der Waals surface area contributed by atoms with Gasteiger partial charge in [-0.05, 0) is 56.3 Å². The number of carbonyl (C=O) groups is 3. The van der Waals surface area contributed by atoms with E-state index in [1.54, 1.807) is 55.1 Å². The molecule has 0 aliphatic carbocycles. The number of rotatable bonds is 12. The number of anilines is 1. The summed E-state index contributed by atoms with van der Waals surface area (Å²) in [6.07, 6.45) is 3.92. The second kappa shape index (κ2) is 14.0. The fourth-order valence-electron chi connectivity index (χ4n) is 5.01. The van der Waals surface area contributed by atoms with Crippen molar-refractivity contribution in [1.29, 1.82) is 0 Å². The highest BCUT2D eigenvalue weighted by molar-refractivity contribution is 7.92. The van der Waals surface area contributed by atoms with Crippen LogP contribution >= 0.6 is 0 Å². The highest BCUT2D eigenvalue weighted by Gasteiger charge is 2.26. The quantitative estimate of drug-likeness (QED) is 0.164. The Balaban J connectivity index is 1.34. The number of ether oxygens (including phenoxy) is 3. The number of nitrogens with zero attached hydrogens (tertiary/aromatic N) is 2. The molecule has 0 fully saturated rings. The predicted octanol–water partition coefficient (Wildman–Crippen LogP) is 4.68. The number of hydrogen-bond acceptors (Lipinski definition) is 9. The van der Waals surface area contributed by atoms with E-state index in [9.17, 15) is 22.8 Å². The molecule has 0 saturated heterocycles. The van der Waals surface area contributed by atoms with Crippen molar-refractivity contribution in [2.24, 2.45) is 5.10 Å². The van der Waals surface area contributed by atoms with Gasteiger partial charge in [0.05, 0.1) is 35.9 Å². The fourth-order valence-corrected chi connectivity index (χ4v) is 6.12. The van der Waals surface area contributed by atoms with Crippen molar-refractivity contribution in [3.05, 3.63) is 101 Å². The maximum atomic E-state index is 13.2. The van der Waals surface area contributed by atoms with Crippen LogP contribution in [0.3, 0.4) is 0 Å². The minimum absolute atomic E-state index is 0.0819. The SMILES string of the molecule is COC(=O)C(C)n1cc(/C=C2\C(=O)NN=C2c2ccc(NS(=O)(=O)c3cccc(C(=O)OCCC(C)OC)c3)cc2)c2ccccc21. The monoisotopic (exact) mass is 658 g/mol. The van der Waals surface area contributed by atoms with Gasteiger partial charge >= 0.3 is 11.9 Å². The Morgan fingerprint density at radius 3 is 2.49 bits per heavy atom. The summed E-state index contributed by atoms with van der Waals surface area (Å²) in [5, 5.41) is 5.05. The van der Waals surface area contributed by atoms with E-state index < -0.39 is 33.9 Å². The third kappa shape index (κ3) is 7.26. The van der Waals surface area contributed by atoms with Crippen molar-refractivity contribution in [2.75, 3.05) is 25.5 Å². The van der Waals surface area contributed by atoms with Gasteiger partial charge in [0.2, 0.25) is 0 Å². The van der Waals surface area contributed by atoms with Gasteiger partial charge in [0.25, 0.3) is 15.9 Å². The Morgan fingerprint density at radius 2 is 1.77 bits per heavy atom. The van der Waals surface area contributed by atoms with E-state index >= 15 is 0 Å². The van der Waals surface area contributed by atoms with Gasteiger partial charge in [-0.1, -0.05) is 36.4 Å². The summed E-state index contributed by atoms with van der Waals surface area (Å²) in [6.45, 7) is 3.72. The largest absolute Gasteiger partial charge is 0.467 e. The molecule has 1 aromatic heterocycles. The topological polar surface area (TPSA) is 154 Å². The van der Waals surface area contributed by atoms with Crippen LogP contribution in [0.15, 0.2) is 94.6 Å². The van der Waals surface area contributed by atoms with Crippen LogP contribution in [0.5, 0.6) is 0 Å². The molecule has 1 aliphatic heterocycles. The van der Waals surface area contributed by atoms with Crippen LogP contribution in [0.4, 0.5) is 5.69 Å². The number of methoxy groups -OCH3 is 2. The van der Waals surface area contributed by atoms with Crippen molar-refractivity contribution in [3.63, 3.8) is 0 Å². The summed E-state index contributed by atoms with van der Waals surface area (Å²) in [5.41, 5.74) is 5.60. The molecular weight excluding hydrogens is 624 g/mol. The molecule has 13 heteroatoms. The molecule has 2 unspecified atom stereocenters. The molecule has 0 bridgehead atoms. The van der Waals surface area contributed by atoms with Crippen LogP contribution < -0.4 is 10.1 Å². The number of sulfonamides is 1. The van der Waals surface area contributed by atoms with Crippen LogP contribution in [-0.4, -0.2) is 63.5 Å². The normalized spacial score (nSPS) is 15.2. The van der Waals surface area contributed by atoms with Gasteiger partial charge in [0.1, 0.15) is 11.8 Å². The van der Waals surface area contributed by atoms with Crippen LogP contribution in [0.1, 0.15) is 47.8 Å². The summed E-state index contributed by atoms with van der Waals surface area (Å²) in [6, 6.07) is 18.9. The lowest BCUT2D eigenvalue weighted by Gasteiger charge is -2.12. The zero-order valence-electron chi connectivity index (χ0n) is 26.2. The molecule has 0 spiro atoms. The third-order valence-electron chi connectivity index (χ3n) is 7.75. The number of hydrogen-bond donors (Lipinski definition) is 2. The van der Waals surface area contributed by atoms with Gasteiger partial charge < -0.3 is 18.8 Å². The first-order valence-corrected chi connectivity index (χ1v) is 16.2. The maximum absolute atomic E-state index is 13.2. The predicted molar refractivity (Wildman–Crippen MR) is 176 cm³/mol. The van der Waals surface area contributed by atoms with Crippen molar-refractivity contribution in [1.82, 2.24) is 9.99 Å². The highest BCUT2D eigenvalue weighted by atomic mass is 32.2. The van der Waals surface area contributed by atoms with Crippen molar-refractivity contribution >= 4 is 56.2 Å². The lowest BCUT2D eigenvalue weighted by atomic mass is 10.00. The van der Waals surface area contributed by atoms with E-state index in [2.05, 4.69) is 15.2 Å². The summed E-state index contributed by atoms with van der Waals surface area (Å²) < 4.78 is 46.0. The lowest BCUT2D eigenvalue weighted by Crippen LogP contribution is -2.16. The Hall–Kier alpha value is -5.27. The first-order valence-electron chi connectivity index (χ1n) is 14.7. The number of esters is 2. The molecule has 3 aromatic carbocycles. The van der Waals surface area contributed by atoms with Gasteiger partial charge in [-0.15, -0.1) is 0 Å². The maximum Gasteiger partial charge on any atom is 0.338 e. The Labute approximate surface area is 272 Å². The zero-order chi connectivity index (χ0) is 33.7. The molecule has 0 saturated carbocycles. The highest BCUT2D eigenvalue weighted by Crippen LogP contribution is 2.29. The Kier molecular flexibility index (Phi) is 9.87. The van der Waals surface area contributed by atoms with Crippen LogP contribution in [0, 0.1) is 0 Å². The van der Waals surface area contributed by atoms with Crippen molar-refractivity contribution < 1.29 is 37.0 Å². The number of hydrazone groups is 1. The first-order chi connectivity index (χ1) is 22.5. The minimum Gasteiger partial charge on any atom is -0.467 e. The van der Waals surface area contributed by atoms with E-state index in [-0.39, 0.29) is 28.9 Å². The average molecular weight is 659 g/mol. The van der Waals surface area contributed by atoms with Crippen molar-refractivity contribution in [2.45, 2.75) is 37.3 Å². The number of nitrogens with one attached hydrogen (secondary N) is 2.